The Morgan fingerprint density at radius 2 is 1.94 bits per heavy atom. The smallest absolute Gasteiger partial charge is 0.389 e. The Balaban J connectivity index is 2.12. The number of nitrogens with one attached hydrogen (secondary N) is 1. The molecule has 18 heavy (non-hydrogen) atoms. The summed E-state index contributed by atoms with van der Waals surface area (Å²) in [6, 6.07) is 4.12. The first-order valence-corrected chi connectivity index (χ1v) is 5.28. The number of para-hydroxylation sites is 1. The molecular weight excluding hydrogens is 249 g/mol. The second kappa shape index (κ2) is 4.49. The molecule has 1 aromatic carbocycles. The largest absolute Gasteiger partial charge is 0.418 e. The van der Waals surface area contributed by atoms with Gasteiger partial charge in [-0.05, 0) is 12.1 Å². The van der Waals surface area contributed by atoms with Crippen molar-refractivity contribution in [2.75, 3.05) is 18.4 Å². The minimum absolute atomic E-state index is 0.139. The number of alkyl halides is 3. The monoisotopic (exact) mass is 260 g/mol. The molecule has 2 N–H and O–H groups in total. The molecule has 0 spiro atoms. The third kappa shape index (κ3) is 2.56. The number of amides is 2. The average Bonchev–Trinajstić information content (AvgIpc) is 2.24. The Morgan fingerprint density at radius 3 is 2.50 bits per heavy atom. The Morgan fingerprint density at radius 1 is 1.33 bits per heavy atom. The van der Waals surface area contributed by atoms with Gasteiger partial charge in [0, 0.05) is 0 Å². The van der Waals surface area contributed by atoms with Crippen molar-refractivity contribution in [1.82, 2.24) is 4.90 Å². The number of nitrogens with zero attached hydrogens (tertiary/aromatic N) is 1. The van der Waals surface area contributed by atoms with Crippen molar-refractivity contribution >= 4 is 11.7 Å². The number of likely N-dealkylation sites (tertiary alicyclic amines) is 1. The molecule has 98 valence electrons. The number of carbonyl (C=O) groups excluding carboxylic acids is 1. The highest BCUT2D eigenvalue weighted by atomic mass is 19.4. The Bertz CT molecular complexity index is 456. The highest BCUT2D eigenvalue weighted by Crippen LogP contribution is 2.34. The quantitative estimate of drug-likeness (QED) is 0.810. The van der Waals surface area contributed by atoms with Crippen LogP contribution in [-0.4, -0.2) is 35.2 Å². The molecule has 1 aliphatic rings. The van der Waals surface area contributed by atoms with E-state index in [1.165, 1.54) is 23.1 Å². The maximum Gasteiger partial charge on any atom is 0.418 e. The van der Waals surface area contributed by atoms with Gasteiger partial charge >= 0.3 is 12.2 Å². The summed E-state index contributed by atoms with van der Waals surface area (Å²) in [6.45, 7) is 0.278. The van der Waals surface area contributed by atoms with Crippen molar-refractivity contribution < 1.29 is 23.1 Å². The zero-order valence-corrected chi connectivity index (χ0v) is 9.24. The van der Waals surface area contributed by atoms with Gasteiger partial charge in [0.2, 0.25) is 0 Å². The molecule has 0 radical (unpaired) electrons. The first-order chi connectivity index (χ1) is 8.38. The van der Waals surface area contributed by atoms with Crippen molar-refractivity contribution in [1.29, 1.82) is 0 Å². The SMILES string of the molecule is O=C(Nc1ccccc1C(F)(F)F)N1CC(O)C1. The minimum atomic E-state index is -4.52. The molecule has 0 aromatic heterocycles. The molecule has 1 heterocycles. The molecule has 0 atom stereocenters. The summed E-state index contributed by atoms with van der Waals surface area (Å²) in [5.74, 6) is 0. The number of β-amino-alcohol motifs (C(OH)–C–C–N with tert-alkyl or cyclic N) is 1. The van der Waals surface area contributed by atoms with Crippen LogP contribution in [-0.2, 0) is 6.18 Å². The van der Waals surface area contributed by atoms with Gasteiger partial charge in [0.1, 0.15) is 0 Å². The molecule has 0 aliphatic carbocycles. The molecule has 2 amide bonds. The number of hydrogen-bond acceptors (Lipinski definition) is 2. The summed E-state index contributed by atoms with van der Waals surface area (Å²) in [4.78, 5) is 12.8. The van der Waals surface area contributed by atoms with Crippen molar-refractivity contribution in [3.05, 3.63) is 29.8 Å². The van der Waals surface area contributed by atoms with Gasteiger partial charge in [-0.25, -0.2) is 4.79 Å². The summed E-state index contributed by atoms with van der Waals surface area (Å²) < 4.78 is 38.0. The Hall–Kier alpha value is -1.76. The first kappa shape index (κ1) is 12.7. The maximum absolute atomic E-state index is 12.7. The van der Waals surface area contributed by atoms with Gasteiger partial charge in [0.25, 0.3) is 0 Å². The summed E-state index contributed by atoms with van der Waals surface area (Å²) in [5.41, 5.74) is -1.17. The van der Waals surface area contributed by atoms with Crippen LogP contribution < -0.4 is 5.32 Å². The highest BCUT2D eigenvalue weighted by molar-refractivity contribution is 5.90. The van der Waals surface area contributed by atoms with Crippen LogP contribution in [0.15, 0.2) is 24.3 Å². The van der Waals surface area contributed by atoms with Gasteiger partial charge in [-0.15, -0.1) is 0 Å². The molecule has 1 aliphatic heterocycles. The molecule has 0 bridgehead atoms. The van der Waals surface area contributed by atoms with E-state index in [0.717, 1.165) is 6.07 Å². The fraction of sp³-hybridized carbons (Fsp3) is 0.364. The number of rotatable bonds is 1. The average molecular weight is 260 g/mol. The van der Waals surface area contributed by atoms with E-state index in [1.54, 1.807) is 0 Å². The molecule has 0 unspecified atom stereocenters. The Labute approximate surface area is 101 Å². The molecule has 1 saturated heterocycles. The van der Waals surface area contributed by atoms with Crippen LogP contribution in [0.1, 0.15) is 5.56 Å². The second-order valence-electron chi connectivity index (χ2n) is 4.03. The first-order valence-electron chi connectivity index (χ1n) is 5.28. The molecular formula is C11H11F3N2O2. The summed E-state index contributed by atoms with van der Waals surface area (Å²) in [7, 11) is 0. The van der Waals surface area contributed by atoms with Crippen LogP contribution in [0.2, 0.25) is 0 Å². The third-order valence-electron chi connectivity index (χ3n) is 2.62. The number of urea groups is 1. The fourth-order valence-electron chi connectivity index (χ4n) is 1.65. The Kier molecular flexibility index (Phi) is 3.16. The lowest BCUT2D eigenvalue weighted by atomic mass is 10.1. The highest BCUT2D eigenvalue weighted by Gasteiger charge is 2.35. The van der Waals surface area contributed by atoms with Crippen molar-refractivity contribution in [3.8, 4) is 0 Å². The topological polar surface area (TPSA) is 52.6 Å². The molecule has 7 heteroatoms. The number of aliphatic hydroxyl groups is 1. The van der Waals surface area contributed by atoms with E-state index in [9.17, 15) is 18.0 Å². The standard InChI is InChI=1S/C11H11F3N2O2/c12-11(13,14)8-3-1-2-4-9(8)15-10(18)16-5-7(17)6-16/h1-4,7,17H,5-6H2,(H,15,18). The lowest BCUT2D eigenvalue weighted by Gasteiger charge is -2.35. The van der Waals surface area contributed by atoms with Crippen molar-refractivity contribution in [2.24, 2.45) is 0 Å². The van der Waals surface area contributed by atoms with E-state index in [4.69, 9.17) is 5.11 Å². The predicted octanol–water partition coefficient (Wildman–Crippen LogP) is 1.91. The van der Waals surface area contributed by atoms with Gasteiger partial charge in [0.05, 0.1) is 30.4 Å². The van der Waals surface area contributed by atoms with Crippen LogP contribution in [0.4, 0.5) is 23.7 Å². The maximum atomic E-state index is 12.7. The molecule has 4 nitrogen and oxygen atoms in total. The zero-order chi connectivity index (χ0) is 13.3. The third-order valence-corrected chi connectivity index (χ3v) is 2.62. The number of anilines is 1. The van der Waals surface area contributed by atoms with Gasteiger partial charge in [-0.3, -0.25) is 0 Å². The summed E-state index contributed by atoms with van der Waals surface area (Å²) in [6.07, 6.45) is -5.10. The van der Waals surface area contributed by atoms with E-state index >= 15 is 0 Å². The minimum Gasteiger partial charge on any atom is -0.389 e. The predicted molar refractivity (Wildman–Crippen MR) is 58.0 cm³/mol. The van der Waals surface area contributed by atoms with E-state index in [-0.39, 0.29) is 18.8 Å². The zero-order valence-electron chi connectivity index (χ0n) is 9.24. The summed E-state index contributed by atoms with van der Waals surface area (Å²) in [5, 5.41) is 11.2. The van der Waals surface area contributed by atoms with Crippen molar-refractivity contribution in [2.45, 2.75) is 12.3 Å². The van der Waals surface area contributed by atoms with Crippen molar-refractivity contribution in [3.63, 3.8) is 0 Å². The van der Waals surface area contributed by atoms with E-state index in [2.05, 4.69) is 5.32 Å². The van der Waals surface area contributed by atoms with Crippen LogP contribution in [0.5, 0.6) is 0 Å². The lowest BCUT2D eigenvalue weighted by Crippen LogP contribution is -2.55. The summed E-state index contributed by atoms with van der Waals surface area (Å²) >= 11 is 0. The van der Waals surface area contributed by atoms with Crippen LogP contribution >= 0.6 is 0 Å². The molecule has 1 fully saturated rings. The van der Waals surface area contributed by atoms with Gasteiger partial charge in [0.15, 0.2) is 0 Å². The number of aliphatic hydroxyl groups excluding tert-OH is 1. The van der Waals surface area contributed by atoms with E-state index < -0.39 is 23.9 Å². The number of benzene rings is 1. The number of carbonyl (C=O) groups is 1. The van der Waals surface area contributed by atoms with Crippen LogP contribution in [0.3, 0.4) is 0 Å². The van der Waals surface area contributed by atoms with E-state index in [1.807, 2.05) is 0 Å². The van der Waals surface area contributed by atoms with Crippen LogP contribution in [0.25, 0.3) is 0 Å². The lowest BCUT2D eigenvalue weighted by molar-refractivity contribution is -0.136. The van der Waals surface area contributed by atoms with Gasteiger partial charge < -0.3 is 15.3 Å². The van der Waals surface area contributed by atoms with Crippen LogP contribution in [0, 0.1) is 0 Å². The molecule has 2 rings (SSSR count). The van der Waals surface area contributed by atoms with Gasteiger partial charge in [-0.1, -0.05) is 12.1 Å². The molecule has 1 aromatic rings. The van der Waals surface area contributed by atoms with Gasteiger partial charge in [-0.2, -0.15) is 13.2 Å². The normalized spacial score (nSPS) is 16.3. The second-order valence-corrected chi connectivity index (χ2v) is 4.03. The fourth-order valence-corrected chi connectivity index (χ4v) is 1.65. The van der Waals surface area contributed by atoms with E-state index in [0.29, 0.717) is 0 Å². The number of hydrogen-bond donors (Lipinski definition) is 2. The number of halogens is 3. The molecule has 0 saturated carbocycles.